The maximum absolute atomic E-state index is 13.1. The summed E-state index contributed by atoms with van der Waals surface area (Å²) in [6.45, 7) is 6.22. The first-order valence-electron chi connectivity index (χ1n) is 11.8. The minimum Gasteiger partial charge on any atom is -0.381 e. The fourth-order valence-corrected chi connectivity index (χ4v) is 5.07. The zero-order valence-electron chi connectivity index (χ0n) is 19.2. The van der Waals surface area contributed by atoms with Gasteiger partial charge in [-0.3, -0.25) is 9.20 Å². The van der Waals surface area contributed by atoms with Crippen molar-refractivity contribution < 1.29 is 4.79 Å². The van der Waals surface area contributed by atoms with Gasteiger partial charge in [-0.15, -0.1) is 0 Å². The number of hydrogen-bond acceptors (Lipinski definition) is 6. The van der Waals surface area contributed by atoms with E-state index in [0.29, 0.717) is 29.3 Å². The van der Waals surface area contributed by atoms with Gasteiger partial charge in [0.25, 0.3) is 5.91 Å². The summed E-state index contributed by atoms with van der Waals surface area (Å²) in [5, 5.41) is 11.0. The van der Waals surface area contributed by atoms with E-state index < -0.39 is 0 Å². The van der Waals surface area contributed by atoms with Gasteiger partial charge in [0.1, 0.15) is 11.4 Å². The van der Waals surface area contributed by atoms with E-state index >= 15 is 0 Å². The Hall–Kier alpha value is -3.39. The summed E-state index contributed by atoms with van der Waals surface area (Å²) >= 11 is 0. The first-order valence-corrected chi connectivity index (χ1v) is 11.8. The van der Waals surface area contributed by atoms with E-state index in [1.54, 1.807) is 7.05 Å². The Kier molecular flexibility index (Phi) is 4.65. The number of piperazine rings is 1. The minimum atomic E-state index is -0.144. The number of hydrogen-bond donors (Lipinski definition) is 3. The molecule has 0 bridgehead atoms. The zero-order chi connectivity index (χ0) is 22.7. The molecule has 2 fully saturated rings. The van der Waals surface area contributed by atoms with Gasteiger partial charge in [0.15, 0.2) is 11.3 Å². The van der Waals surface area contributed by atoms with Crippen molar-refractivity contribution in [3.63, 3.8) is 0 Å². The van der Waals surface area contributed by atoms with Crippen LogP contribution >= 0.6 is 0 Å². The number of nitrogens with one attached hydrogen (secondary N) is 3. The molecule has 170 valence electrons. The number of nitrogens with zero attached hydrogens (tertiary/aromatic N) is 4. The summed E-state index contributed by atoms with van der Waals surface area (Å²) in [6.07, 6.45) is 2.22. The molecule has 4 aromatic rings. The first-order chi connectivity index (χ1) is 16.0. The molecule has 1 aliphatic carbocycles. The normalized spacial score (nSPS) is 21.1. The second-order valence-electron chi connectivity index (χ2n) is 9.42. The van der Waals surface area contributed by atoms with Gasteiger partial charge in [-0.2, -0.15) is 0 Å². The van der Waals surface area contributed by atoms with E-state index in [0.717, 1.165) is 59.5 Å². The third-order valence-corrected chi connectivity index (χ3v) is 6.64. The van der Waals surface area contributed by atoms with Crippen LogP contribution in [0.15, 0.2) is 36.4 Å². The van der Waals surface area contributed by atoms with Crippen LogP contribution in [0.4, 0.5) is 11.5 Å². The van der Waals surface area contributed by atoms with Crippen LogP contribution in [0, 0.1) is 0 Å². The van der Waals surface area contributed by atoms with Crippen molar-refractivity contribution in [1.82, 2.24) is 25.0 Å². The molecule has 3 N–H and O–H groups in total. The molecule has 4 heterocycles. The van der Waals surface area contributed by atoms with Crippen molar-refractivity contribution in [1.29, 1.82) is 0 Å². The lowest BCUT2D eigenvalue weighted by Gasteiger charge is -2.37. The van der Waals surface area contributed by atoms with Gasteiger partial charge >= 0.3 is 0 Å². The van der Waals surface area contributed by atoms with Crippen LogP contribution < -0.4 is 20.9 Å². The molecule has 2 unspecified atom stereocenters. The predicted octanol–water partition coefficient (Wildman–Crippen LogP) is 3.16. The SMILES string of the molecule is CNC(=O)c1c(NC2CC2)c2ccc(N3CC(C)NC(C)C3)nc2n2c1nc1ccccc12. The smallest absolute Gasteiger partial charge is 0.256 e. The lowest BCUT2D eigenvalue weighted by molar-refractivity contribution is 0.0965. The highest BCUT2D eigenvalue weighted by atomic mass is 16.1. The summed E-state index contributed by atoms with van der Waals surface area (Å²) in [5.41, 5.74) is 4.67. The number of para-hydroxylation sites is 2. The van der Waals surface area contributed by atoms with Crippen LogP contribution in [0.5, 0.6) is 0 Å². The second-order valence-corrected chi connectivity index (χ2v) is 9.42. The van der Waals surface area contributed by atoms with E-state index in [4.69, 9.17) is 9.97 Å². The Labute approximate surface area is 192 Å². The molecule has 33 heavy (non-hydrogen) atoms. The summed E-state index contributed by atoms with van der Waals surface area (Å²) in [6, 6.07) is 13.4. The van der Waals surface area contributed by atoms with Crippen LogP contribution in [0.25, 0.3) is 27.7 Å². The molecule has 1 aliphatic heterocycles. The molecule has 0 spiro atoms. The number of imidazole rings is 1. The van der Waals surface area contributed by atoms with E-state index in [1.165, 1.54) is 0 Å². The molecule has 8 nitrogen and oxygen atoms in total. The van der Waals surface area contributed by atoms with Gasteiger partial charge in [-0.05, 0) is 51.0 Å². The molecule has 1 saturated carbocycles. The standard InChI is InChI=1S/C25H29N7O/c1-14-12-31(13-15(2)27-14)20-11-10-17-22(28-16-8-9-16)21(25(33)26-3)24-29-18-6-4-5-7-19(18)32(24)23(17)30-20/h4-7,10-11,14-16,27-28H,8-9,12-13H2,1-3H3,(H,26,33). The molecule has 1 amide bonds. The van der Waals surface area contributed by atoms with Crippen molar-refractivity contribution in [2.75, 3.05) is 30.4 Å². The Balaban J connectivity index is 1.67. The minimum absolute atomic E-state index is 0.144. The van der Waals surface area contributed by atoms with Crippen molar-refractivity contribution in [3.8, 4) is 0 Å². The topological polar surface area (TPSA) is 86.6 Å². The van der Waals surface area contributed by atoms with Gasteiger partial charge in [0.05, 0.1) is 16.7 Å². The largest absolute Gasteiger partial charge is 0.381 e. The highest BCUT2D eigenvalue weighted by Gasteiger charge is 2.29. The quantitative estimate of drug-likeness (QED) is 0.449. The van der Waals surface area contributed by atoms with Gasteiger partial charge in [0.2, 0.25) is 0 Å². The van der Waals surface area contributed by atoms with Gasteiger partial charge < -0.3 is 20.9 Å². The predicted molar refractivity (Wildman–Crippen MR) is 132 cm³/mol. The molecule has 2 aliphatic rings. The highest BCUT2D eigenvalue weighted by molar-refractivity contribution is 6.13. The number of fused-ring (bicyclic) bond motifs is 5. The number of aromatic nitrogens is 3. The van der Waals surface area contributed by atoms with Gasteiger partial charge in [-0.1, -0.05) is 12.1 Å². The molecule has 0 radical (unpaired) electrons. The summed E-state index contributed by atoms with van der Waals surface area (Å²) < 4.78 is 2.05. The monoisotopic (exact) mass is 443 g/mol. The van der Waals surface area contributed by atoms with Crippen molar-refractivity contribution in [2.45, 2.75) is 44.8 Å². The molecule has 6 rings (SSSR count). The lowest BCUT2D eigenvalue weighted by Crippen LogP contribution is -2.54. The van der Waals surface area contributed by atoms with E-state index in [-0.39, 0.29) is 5.91 Å². The third kappa shape index (κ3) is 3.36. The molecule has 1 saturated heterocycles. The van der Waals surface area contributed by atoms with Crippen LogP contribution in [0.2, 0.25) is 0 Å². The average molecular weight is 444 g/mol. The fourth-order valence-electron chi connectivity index (χ4n) is 5.07. The Morgan fingerprint density at radius 1 is 1.03 bits per heavy atom. The second kappa shape index (κ2) is 7.59. The van der Waals surface area contributed by atoms with Crippen molar-refractivity contribution >= 4 is 45.1 Å². The first kappa shape index (κ1) is 20.2. The van der Waals surface area contributed by atoms with Crippen LogP contribution in [-0.2, 0) is 0 Å². The fraction of sp³-hybridized carbons (Fsp3) is 0.400. The number of rotatable bonds is 4. The van der Waals surface area contributed by atoms with E-state index in [2.05, 4.69) is 46.8 Å². The molecule has 3 aromatic heterocycles. The maximum Gasteiger partial charge on any atom is 0.256 e. The van der Waals surface area contributed by atoms with Crippen LogP contribution in [0.3, 0.4) is 0 Å². The van der Waals surface area contributed by atoms with Crippen molar-refractivity contribution in [3.05, 3.63) is 42.0 Å². The average Bonchev–Trinajstić information content (AvgIpc) is 3.54. The van der Waals surface area contributed by atoms with E-state index in [1.807, 2.05) is 28.7 Å². The lowest BCUT2D eigenvalue weighted by atomic mass is 10.1. The number of carbonyl (C=O) groups is 1. The van der Waals surface area contributed by atoms with Crippen molar-refractivity contribution in [2.24, 2.45) is 0 Å². The molecule has 8 heteroatoms. The highest BCUT2D eigenvalue weighted by Crippen LogP contribution is 2.37. The number of benzene rings is 1. The number of carbonyl (C=O) groups excluding carboxylic acids is 1. The summed E-state index contributed by atoms with van der Waals surface area (Å²) in [4.78, 5) is 25.5. The van der Waals surface area contributed by atoms with Gasteiger partial charge in [0, 0.05) is 43.6 Å². The summed E-state index contributed by atoms with van der Waals surface area (Å²) in [5.74, 6) is 0.807. The number of anilines is 2. The zero-order valence-corrected chi connectivity index (χ0v) is 19.2. The Bertz CT molecular complexity index is 1380. The number of amides is 1. The van der Waals surface area contributed by atoms with Gasteiger partial charge in [-0.25, -0.2) is 9.97 Å². The molecular formula is C25H29N7O. The van der Waals surface area contributed by atoms with Crippen LogP contribution in [-0.4, -0.2) is 58.5 Å². The maximum atomic E-state index is 13.1. The van der Waals surface area contributed by atoms with Crippen LogP contribution in [0.1, 0.15) is 37.0 Å². The number of pyridine rings is 2. The van der Waals surface area contributed by atoms with E-state index in [9.17, 15) is 4.79 Å². The molecule has 2 atom stereocenters. The Morgan fingerprint density at radius 2 is 1.79 bits per heavy atom. The third-order valence-electron chi connectivity index (χ3n) is 6.64. The molecular weight excluding hydrogens is 414 g/mol. The molecule has 1 aromatic carbocycles. The summed E-state index contributed by atoms with van der Waals surface area (Å²) in [7, 11) is 1.67. The Morgan fingerprint density at radius 3 is 2.52 bits per heavy atom.